The molecular weight excluding hydrogens is 382 g/mol. The van der Waals surface area contributed by atoms with Gasteiger partial charge < -0.3 is 10.3 Å². The molecule has 30 heavy (non-hydrogen) atoms. The van der Waals surface area contributed by atoms with Crippen molar-refractivity contribution in [2.45, 2.75) is 6.42 Å². The molecule has 0 amide bonds. The van der Waals surface area contributed by atoms with Gasteiger partial charge in [0.05, 0.1) is 21.5 Å². The fraction of sp³-hybridized carbons (Fsp3) is 0.0952. The molecule has 0 aliphatic carbocycles. The van der Waals surface area contributed by atoms with Gasteiger partial charge in [-0.1, -0.05) is 0 Å². The Labute approximate surface area is 170 Å². The van der Waals surface area contributed by atoms with Gasteiger partial charge in [0.1, 0.15) is 5.69 Å². The predicted molar refractivity (Wildman–Crippen MR) is 114 cm³/mol. The van der Waals surface area contributed by atoms with Gasteiger partial charge in [-0.05, 0) is 48.4 Å². The van der Waals surface area contributed by atoms with Gasteiger partial charge >= 0.3 is 0 Å². The number of imidazole rings is 1. The molecule has 0 spiro atoms. The van der Waals surface area contributed by atoms with Crippen LogP contribution in [0.3, 0.4) is 0 Å². The Morgan fingerprint density at radius 2 is 1.90 bits per heavy atom. The van der Waals surface area contributed by atoms with Crippen molar-refractivity contribution in [3.05, 3.63) is 76.6 Å². The number of aromatic amines is 2. The van der Waals surface area contributed by atoms with Crippen LogP contribution in [-0.4, -0.2) is 36.6 Å². The third kappa shape index (κ3) is 3.32. The standard InChI is InChI=1S/C21H17N7O2/c29-28(30)15-2-4-17-16(12-15)20(27-26-17)21-24-18-3-1-14(11-19(18)25-21)23-10-7-13-5-8-22-9-6-13/h1-6,8-9,11-12,23H,7,10H2,(H,24,25)(H,26,27). The monoisotopic (exact) mass is 399 g/mol. The zero-order chi connectivity index (χ0) is 20.5. The number of rotatable bonds is 6. The summed E-state index contributed by atoms with van der Waals surface area (Å²) in [5, 5.41) is 22.4. The number of nitrogens with zero attached hydrogens (tertiary/aromatic N) is 4. The van der Waals surface area contributed by atoms with Gasteiger partial charge in [0.15, 0.2) is 5.82 Å². The number of benzene rings is 2. The lowest BCUT2D eigenvalue weighted by Crippen LogP contribution is -2.04. The number of nitro groups is 1. The van der Waals surface area contributed by atoms with E-state index in [1.165, 1.54) is 17.7 Å². The quantitative estimate of drug-likeness (QED) is 0.292. The fourth-order valence-corrected chi connectivity index (χ4v) is 3.43. The lowest BCUT2D eigenvalue weighted by Gasteiger charge is -2.06. The lowest BCUT2D eigenvalue weighted by molar-refractivity contribution is -0.384. The number of nitrogens with one attached hydrogen (secondary N) is 3. The lowest BCUT2D eigenvalue weighted by atomic mass is 10.2. The Kier molecular flexibility index (Phi) is 4.32. The van der Waals surface area contributed by atoms with Crippen molar-refractivity contribution in [3.8, 4) is 11.5 Å². The van der Waals surface area contributed by atoms with Crippen molar-refractivity contribution in [1.82, 2.24) is 25.1 Å². The van der Waals surface area contributed by atoms with Gasteiger partial charge in [-0.15, -0.1) is 0 Å². The Hall–Kier alpha value is -4.27. The van der Waals surface area contributed by atoms with Crippen molar-refractivity contribution >= 4 is 33.3 Å². The van der Waals surface area contributed by atoms with E-state index in [4.69, 9.17) is 0 Å². The van der Waals surface area contributed by atoms with Crippen molar-refractivity contribution in [3.63, 3.8) is 0 Å². The first kappa shape index (κ1) is 17.8. The summed E-state index contributed by atoms with van der Waals surface area (Å²) in [6.45, 7) is 0.796. The predicted octanol–water partition coefficient (Wildman–Crippen LogP) is 4.06. The maximum atomic E-state index is 11.1. The number of hydrogen-bond donors (Lipinski definition) is 3. The summed E-state index contributed by atoms with van der Waals surface area (Å²) in [7, 11) is 0. The van der Waals surface area contributed by atoms with E-state index in [-0.39, 0.29) is 5.69 Å². The number of aromatic nitrogens is 5. The minimum absolute atomic E-state index is 0.0157. The summed E-state index contributed by atoms with van der Waals surface area (Å²) in [5.41, 5.74) is 5.15. The first-order chi connectivity index (χ1) is 14.7. The molecule has 5 aromatic rings. The second kappa shape index (κ2) is 7.28. The van der Waals surface area contributed by atoms with E-state index < -0.39 is 4.92 Å². The van der Waals surface area contributed by atoms with Crippen LogP contribution in [0.15, 0.2) is 60.9 Å². The Morgan fingerprint density at radius 1 is 1.03 bits per heavy atom. The molecular formula is C21H17N7O2. The molecule has 0 bridgehead atoms. The van der Waals surface area contributed by atoms with Crippen molar-refractivity contribution in [1.29, 1.82) is 0 Å². The van der Waals surface area contributed by atoms with Crippen LogP contribution in [0.1, 0.15) is 5.56 Å². The average Bonchev–Trinajstić information content (AvgIpc) is 3.37. The second-order valence-electron chi connectivity index (χ2n) is 6.91. The Morgan fingerprint density at radius 3 is 2.73 bits per heavy atom. The molecule has 0 unspecified atom stereocenters. The summed E-state index contributed by atoms with van der Waals surface area (Å²) in [6.07, 6.45) is 4.48. The van der Waals surface area contributed by atoms with Gasteiger partial charge in [0.2, 0.25) is 0 Å². The number of H-pyrrole nitrogens is 2. The molecule has 9 heteroatoms. The summed E-state index contributed by atoms with van der Waals surface area (Å²) in [5.74, 6) is 0.561. The number of pyridine rings is 1. The summed E-state index contributed by atoms with van der Waals surface area (Å²) >= 11 is 0. The molecule has 3 N–H and O–H groups in total. The van der Waals surface area contributed by atoms with E-state index in [1.54, 1.807) is 18.5 Å². The van der Waals surface area contributed by atoms with E-state index in [9.17, 15) is 10.1 Å². The number of anilines is 1. The number of hydrogen-bond acceptors (Lipinski definition) is 6. The van der Waals surface area contributed by atoms with Crippen LogP contribution < -0.4 is 5.32 Å². The molecule has 0 aliphatic heterocycles. The fourth-order valence-electron chi connectivity index (χ4n) is 3.43. The molecule has 2 aromatic carbocycles. The maximum absolute atomic E-state index is 11.1. The molecule has 0 aliphatic rings. The van der Waals surface area contributed by atoms with Gasteiger partial charge in [0.25, 0.3) is 5.69 Å². The topological polar surface area (TPSA) is 125 Å². The maximum Gasteiger partial charge on any atom is 0.270 e. The zero-order valence-corrected chi connectivity index (χ0v) is 15.8. The third-order valence-corrected chi connectivity index (χ3v) is 4.96. The first-order valence-corrected chi connectivity index (χ1v) is 9.43. The molecule has 148 valence electrons. The average molecular weight is 399 g/mol. The van der Waals surface area contributed by atoms with Gasteiger partial charge in [-0.2, -0.15) is 5.10 Å². The summed E-state index contributed by atoms with van der Waals surface area (Å²) in [4.78, 5) is 22.6. The van der Waals surface area contributed by atoms with E-state index in [1.807, 2.05) is 30.3 Å². The van der Waals surface area contributed by atoms with E-state index >= 15 is 0 Å². The van der Waals surface area contributed by atoms with Crippen LogP contribution in [0, 0.1) is 10.1 Å². The van der Waals surface area contributed by atoms with Crippen LogP contribution >= 0.6 is 0 Å². The van der Waals surface area contributed by atoms with E-state index in [0.717, 1.165) is 35.2 Å². The van der Waals surface area contributed by atoms with Crippen molar-refractivity contribution in [2.24, 2.45) is 0 Å². The molecule has 9 nitrogen and oxygen atoms in total. The highest BCUT2D eigenvalue weighted by atomic mass is 16.6. The number of fused-ring (bicyclic) bond motifs is 2. The Balaban J connectivity index is 1.41. The first-order valence-electron chi connectivity index (χ1n) is 9.43. The number of nitro benzene ring substituents is 1. The van der Waals surface area contributed by atoms with Crippen LogP contribution in [-0.2, 0) is 6.42 Å². The normalized spacial score (nSPS) is 11.2. The summed E-state index contributed by atoms with van der Waals surface area (Å²) in [6, 6.07) is 14.5. The van der Waals surface area contributed by atoms with Crippen LogP contribution in [0.4, 0.5) is 11.4 Å². The van der Waals surface area contributed by atoms with Gasteiger partial charge in [-0.3, -0.25) is 20.2 Å². The highest BCUT2D eigenvalue weighted by molar-refractivity contribution is 5.94. The highest BCUT2D eigenvalue weighted by Gasteiger charge is 2.16. The molecule has 0 atom stereocenters. The van der Waals surface area contributed by atoms with Crippen LogP contribution in [0.5, 0.6) is 0 Å². The largest absolute Gasteiger partial charge is 0.385 e. The van der Waals surface area contributed by atoms with Crippen molar-refractivity contribution in [2.75, 3.05) is 11.9 Å². The van der Waals surface area contributed by atoms with Gasteiger partial charge in [-0.25, -0.2) is 4.98 Å². The molecule has 5 rings (SSSR count). The highest BCUT2D eigenvalue weighted by Crippen LogP contribution is 2.29. The molecule has 0 fully saturated rings. The minimum atomic E-state index is -0.418. The molecule has 0 radical (unpaired) electrons. The number of non-ortho nitro benzene ring substituents is 1. The molecule has 0 saturated carbocycles. The molecule has 3 heterocycles. The molecule has 3 aromatic heterocycles. The van der Waals surface area contributed by atoms with Crippen molar-refractivity contribution < 1.29 is 4.92 Å². The molecule has 0 saturated heterocycles. The van der Waals surface area contributed by atoms with Crippen LogP contribution in [0.2, 0.25) is 0 Å². The van der Waals surface area contributed by atoms with E-state index in [0.29, 0.717) is 16.9 Å². The second-order valence-corrected chi connectivity index (χ2v) is 6.91. The van der Waals surface area contributed by atoms with Gasteiger partial charge in [0, 0.05) is 42.1 Å². The smallest absolute Gasteiger partial charge is 0.270 e. The van der Waals surface area contributed by atoms with E-state index in [2.05, 4.69) is 30.5 Å². The SMILES string of the molecule is O=[N+]([O-])c1ccc2[nH]nc(-c3nc4ccc(NCCc5ccncc5)cc4[nH]3)c2c1. The summed E-state index contributed by atoms with van der Waals surface area (Å²) < 4.78 is 0. The third-order valence-electron chi connectivity index (χ3n) is 4.96. The zero-order valence-electron chi connectivity index (χ0n) is 15.8. The van der Waals surface area contributed by atoms with Crippen LogP contribution in [0.25, 0.3) is 33.5 Å². The minimum Gasteiger partial charge on any atom is -0.385 e. The Bertz CT molecular complexity index is 1360.